The lowest BCUT2D eigenvalue weighted by Crippen LogP contribution is -2.49. The molecule has 21 heavy (non-hydrogen) atoms. The molecule has 0 spiro atoms. The molecule has 6 nitrogen and oxygen atoms in total. The Hall–Kier alpha value is -1.56. The van der Waals surface area contributed by atoms with Crippen molar-refractivity contribution in [2.24, 2.45) is 5.92 Å². The van der Waals surface area contributed by atoms with Crippen molar-refractivity contribution in [3.63, 3.8) is 0 Å². The zero-order chi connectivity index (χ0) is 15.4. The van der Waals surface area contributed by atoms with Crippen LogP contribution in [0.5, 0.6) is 0 Å². The normalized spacial score (nSPS) is 16.7. The molecule has 1 aromatic rings. The number of anilines is 1. The minimum absolute atomic E-state index is 0.00959. The minimum atomic E-state index is 0.00959. The van der Waals surface area contributed by atoms with Gasteiger partial charge in [-0.05, 0) is 25.8 Å². The first kappa shape index (κ1) is 15.8. The van der Waals surface area contributed by atoms with E-state index < -0.39 is 0 Å². The van der Waals surface area contributed by atoms with Crippen LogP contribution in [0.1, 0.15) is 37.7 Å². The summed E-state index contributed by atoms with van der Waals surface area (Å²) in [6.07, 6.45) is 2.78. The highest BCUT2D eigenvalue weighted by Gasteiger charge is 2.26. The highest BCUT2D eigenvalue weighted by atomic mass is 16.2. The second-order valence-electron chi connectivity index (χ2n) is 6.08. The molecular weight excluding hydrogens is 266 g/mol. The van der Waals surface area contributed by atoms with Crippen molar-refractivity contribution in [1.29, 1.82) is 0 Å². The zero-order valence-corrected chi connectivity index (χ0v) is 13.4. The predicted octanol–water partition coefficient (Wildman–Crippen LogP) is 1.29. The average Bonchev–Trinajstić information content (AvgIpc) is 2.85. The van der Waals surface area contributed by atoms with Gasteiger partial charge in [-0.1, -0.05) is 13.8 Å². The Kier molecular flexibility index (Phi) is 5.22. The molecule has 2 heterocycles. The number of carbonyl (C=O) groups is 1. The van der Waals surface area contributed by atoms with Crippen LogP contribution in [-0.4, -0.2) is 58.2 Å². The summed E-state index contributed by atoms with van der Waals surface area (Å²) in [6, 6.07) is 0. The third kappa shape index (κ3) is 3.75. The summed E-state index contributed by atoms with van der Waals surface area (Å²) < 4.78 is 1.68. The van der Waals surface area contributed by atoms with E-state index >= 15 is 0 Å². The van der Waals surface area contributed by atoms with E-state index in [0.29, 0.717) is 17.9 Å². The highest BCUT2D eigenvalue weighted by Crippen LogP contribution is 2.15. The van der Waals surface area contributed by atoms with Crippen molar-refractivity contribution in [3.05, 3.63) is 11.9 Å². The fraction of sp³-hybridized carbons (Fsp3) is 0.733. The monoisotopic (exact) mass is 293 g/mol. The number of rotatable bonds is 5. The van der Waals surface area contributed by atoms with E-state index in [1.165, 1.54) is 6.42 Å². The number of aryl methyl sites for hydroxylation is 1. The summed E-state index contributed by atoms with van der Waals surface area (Å²) in [4.78, 5) is 16.9. The Morgan fingerprint density at radius 3 is 2.57 bits per heavy atom. The first-order valence-electron chi connectivity index (χ1n) is 7.85. The van der Waals surface area contributed by atoms with Gasteiger partial charge >= 0.3 is 0 Å². The molecule has 0 unspecified atom stereocenters. The standard InChI is InChI=1S/C15H27N5O/c1-4-20-14(13(16)11-17-20)15(21)19-9-7-18(8-10-19)6-5-12(2)3/h11-12H,4-10,16H2,1-3H3. The van der Waals surface area contributed by atoms with E-state index in [1.54, 1.807) is 10.9 Å². The lowest BCUT2D eigenvalue weighted by atomic mass is 10.1. The Morgan fingerprint density at radius 2 is 2.00 bits per heavy atom. The highest BCUT2D eigenvalue weighted by molar-refractivity contribution is 5.97. The number of hydrogen-bond donors (Lipinski definition) is 1. The Labute approximate surface area is 126 Å². The van der Waals surface area contributed by atoms with E-state index in [1.807, 2.05) is 11.8 Å². The molecule has 1 aliphatic heterocycles. The summed E-state index contributed by atoms with van der Waals surface area (Å²) >= 11 is 0. The van der Waals surface area contributed by atoms with E-state index in [0.717, 1.165) is 38.6 Å². The smallest absolute Gasteiger partial charge is 0.274 e. The topological polar surface area (TPSA) is 67.4 Å². The molecule has 0 saturated carbocycles. The molecular formula is C15H27N5O. The van der Waals surface area contributed by atoms with Crippen LogP contribution in [0, 0.1) is 5.92 Å². The molecule has 0 atom stereocenters. The Morgan fingerprint density at radius 1 is 1.33 bits per heavy atom. The summed E-state index contributed by atoms with van der Waals surface area (Å²) in [5.74, 6) is 0.735. The van der Waals surface area contributed by atoms with Crippen LogP contribution >= 0.6 is 0 Å². The Balaban J connectivity index is 1.92. The van der Waals surface area contributed by atoms with Gasteiger partial charge in [0, 0.05) is 32.7 Å². The van der Waals surface area contributed by atoms with Gasteiger partial charge in [0.1, 0.15) is 5.69 Å². The molecule has 1 fully saturated rings. The number of nitrogens with zero attached hydrogens (tertiary/aromatic N) is 4. The minimum Gasteiger partial charge on any atom is -0.396 e. The van der Waals surface area contributed by atoms with Crippen LogP contribution in [0.2, 0.25) is 0 Å². The number of piperazine rings is 1. The van der Waals surface area contributed by atoms with Gasteiger partial charge in [0.25, 0.3) is 5.91 Å². The van der Waals surface area contributed by atoms with Gasteiger partial charge in [0.05, 0.1) is 11.9 Å². The van der Waals surface area contributed by atoms with Crippen LogP contribution in [0.3, 0.4) is 0 Å². The van der Waals surface area contributed by atoms with Crippen molar-refractivity contribution in [3.8, 4) is 0 Å². The summed E-state index contributed by atoms with van der Waals surface area (Å²) in [6.45, 7) is 11.7. The summed E-state index contributed by atoms with van der Waals surface area (Å²) in [5, 5.41) is 4.15. The van der Waals surface area contributed by atoms with Crippen molar-refractivity contribution in [2.75, 3.05) is 38.5 Å². The fourth-order valence-electron chi connectivity index (χ4n) is 2.64. The molecule has 1 saturated heterocycles. The van der Waals surface area contributed by atoms with Gasteiger partial charge in [-0.3, -0.25) is 14.4 Å². The number of nitrogen functional groups attached to an aromatic ring is 1. The first-order chi connectivity index (χ1) is 10.0. The number of amides is 1. The van der Waals surface area contributed by atoms with Crippen LogP contribution in [0.15, 0.2) is 6.20 Å². The van der Waals surface area contributed by atoms with E-state index in [-0.39, 0.29) is 5.91 Å². The molecule has 6 heteroatoms. The zero-order valence-electron chi connectivity index (χ0n) is 13.4. The number of nitrogens with two attached hydrogens (primary N) is 1. The van der Waals surface area contributed by atoms with E-state index in [4.69, 9.17) is 5.73 Å². The average molecular weight is 293 g/mol. The molecule has 2 rings (SSSR count). The maximum absolute atomic E-state index is 12.6. The van der Waals surface area contributed by atoms with Crippen LogP contribution in [0.4, 0.5) is 5.69 Å². The Bertz CT molecular complexity index is 474. The molecule has 0 radical (unpaired) electrons. The SMILES string of the molecule is CCn1ncc(N)c1C(=O)N1CCN(CCC(C)C)CC1. The maximum Gasteiger partial charge on any atom is 0.274 e. The third-order valence-electron chi connectivity index (χ3n) is 4.05. The number of hydrogen-bond acceptors (Lipinski definition) is 4. The first-order valence-corrected chi connectivity index (χ1v) is 7.85. The van der Waals surface area contributed by atoms with Crippen LogP contribution in [0.25, 0.3) is 0 Å². The molecule has 0 aromatic carbocycles. The maximum atomic E-state index is 12.6. The predicted molar refractivity (Wildman–Crippen MR) is 84.1 cm³/mol. The molecule has 2 N–H and O–H groups in total. The van der Waals surface area contributed by atoms with Gasteiger partial charge < -0.3 is 10.6 Å². The molecule has 1 aliphatic rings. The second kappa shape index (κ2) is 6.93. The number of aromatic nitrogens is 2. The van der Waals surface area contributed by atoms with Crippen LogP contribution < -0.4 is 5.73 Å². The summed E-state index contributed by atoms with van der Waals surface area (Å²) in [5.41, 5.74) is 6.90. The fourth-order valence-corrected chi connectivity index (χ4v) is 2.64. The van der Waals surface area contributed by atoms with Crippen LogP contribution in [-0.2, 0) is 6.54 Å². The summed E-state index contributed by atoms with van der Waals surface area (Å²) in [7, 11) is 0. The molecule has 0 bridgehead atoms. The van der Waals surface area contributed by atoms with Crippen molar-refractivity contribution < 1.29 is 4.79 Å². The van der Waals surface area contributed by atoms with Gasteiger partial charge in [0.2, 0.25) is 0 Å². The number of carbonyl (C=O) groups excluding carboxylic acids is 1. The van der Waals surface area contributed by atoms with Crippen molar-refractivity contribution in [1.82, 2.24) is 19.6 Å². The van der Waals surface area contributed by atoms with Gasteiger partial charge in [-0.15, -0.1) is 0 Å². The van der Waals surface area contributed by atoms with Gasteiger partial charge in [0.15, 0.2) is 0 Å². The lowest BCUT2D eigenvalue weighted by molar-refractivity contribution is 0.0621. The third-order valence-corrected chi connectivity index (χ3v) is 4.05. The van der Waals surface area contributed by atoms with E-state index in [9.17, 15) is 4.79 Å². The molecule has 1 aromatic heterocycles. The largest absolute Gasteiger partial charge is 0.396 e. The second-order valence-corrected chi connectivity index (χ2v) is 6.08. The van der Waals surface area contributed by atoms with E-state index in [2.05, 4.69) is 23.8 Å². The molecule has 0 aliphatic carbocycles. The lowest BCUT2D eigenvalue weighted by Gasteiger charge is -2.35. The van der Waals surface area contributed by atoms with Gasteiger partial charge in [-0.25, -0.2) is 0 Å². The van der Waals surface area contributed by atoms with Crippen molar-refractivity contribution >= 4 is 11.6 Å². The molecule has 1 amide bonds. The quantitative estimate of drug-likeness (QED) is 0.888. The molecule has 118 valence electrons. The van der Waals surface area contributed by atoms with Gasteiger partial charge in [-0.2, -0.15) is 5.10 Å². The van der Waals surface area contributed by atoms with Crippen molar-refractivity contribution in [2.45, 2.75) is 33.7 Å².